The van der Waals surface area contributed by atoms with Crippen LogP contribution in [0.3, 0.4) is 0 Å². The average Bonchev–Trinajstić information content (AvgIpc) is 3.01. The number of rotatable bonds is 5. The molecule has 1 heterocycles. The lowest BCUT2D eigenvalue weighted by molar-refractivity contribution is 0.0515. The zero-order valence-electron chi connectivity index (χ0n) is 15.0. The second-order valence-corrected chi connectivity index (χ2v) is 6.28. The maximum atomic E-state index is 12.6. The van der Waals surface area contributed by atoms with Crippen molar-refractivity contribution in [2.24, 2.45) is 0 Å². The predicted molar refractivity (Wildman–Crippen MR) is 101 cm³/mol. The van der Waals surface area contributed by atoms with Gasteiger partial charge in [0.2, 0.25) is 0 Å². The molecule has 25 heavy (non-hydrogen) atoms. The molecule has 0 aliphatic rings. The highest BCUT2D eigenvalue weighted by Gasteiger charge is 2.19. The standard InChI is InChI=1S/C22H23NO2/c1-4-25-22(24)21-20(19-11-7-17(3)8-12-19)13-14-23(21)15-18-9-5-16(2)6-10-18/h5-14H,4,15H2,1-3H3. The van der Waals surface area contributed by atoms with Gasteiger partial charge in [-0.25, -0.2) is 4.79 Å². The molecule has 3 nitrogen and oxygen atoms in total. The van der Waals surface area contributed by atoms with E-state index in [0.717, 1.165) is 16.7 Å². The molecule has 0 fully saturated rings. The van der Waals surface area contributed by atoms with E-state index in [1.807, 2.05) is 35.9 Å². The number of carbonyl (C=O) groups is 1. The molecule has 0 saturated heterocycles. The van der Waals surface area contributed by atoms with Crippen molar-refractivity contribution in [1.29, 1.82) is 0 Å². The van der Waals surface area contributed by atoms with E-state index >= 15 is 0 Å². The van der Waals surface area contributed by atoms with Crippen LogP contribution in [-0.2, 0) is 11.3 Å². The van der Waals surface area contributed by atoms with Crippen molar-refractivity contribution in [1.82, 2.24) is 4.57 Å². The van der Waals surface area contributed by atoms with Gasteiger partial charge in [0.1, 0.15) is 5.69 Å². The summed E-state index contributed by atoms with van der Waals surface area (Å²) in [5.41, 5.74) is 6.11. The predicted octanol–water partition coefficient (Wildman–Crippen LogP) is 5.00. The van der Waals surface area contributed by atoms with Crippen LogP contribution in [0.1, 0.15) is 34.1 Å². The van der Waals surface area contributed by atoms with Gasteiger partial charge in [0.15, 0.2) is 0 Å². The van der Waals surface area contributed by atoms with Gasteiger partial charge in [0, 0.05) is 18.3 Å². The number of ether oxygens (including phenoxy) is 1. The van der Waals surface area contributed by atoms with Gasteiger partial charge in [-0.15, -0.1) is 0 Å². The van der Waals surface area contributed by atoms with Crippen molar-refractivity contribution >= 4 is 5.97 Å². The molecule has 0 amide bonds. The summed E-state index contributed by atoms with van der Waals surface area (Å²) in [6.45, 7) is 6.95. The summed E-state index contributed by atoms with van der Waals surface area (Å²) in [7, 11) is 0. The molecule has 128 valence electrons. The molecule has 3 aromatic rings. The first-order chi connectivity index (χ1) is 12.1. The maximum absolute atomic E-state index is 12.6. The Balaban J connectivity index is 2.01. The van der Waals surface area contributed by atoms with Gasteiger partial charge in [-0.05, 0) is 38.0 Å². The molecule has 0 saturated carbocycles. The third kappa shape index (κ3) is 3.82. The fourth-order valence-corrected chi connectivity index (χ4v) is 2.89. The fourth-order valence-electron chi connectivity index (χ4n) is 2.89. The summed E-state index contributed by atoms with van der Waals surface area (Å²) in [6.07, 6.45) is 1.96. The van der Waals surface area contributed by atoms with Crippen molar-refractivity contribution in [3.05, 3.63) is 83.2 Å². The van der Waals surface area contributed by atoms with E-state index in [0.29, 0.717) is 18.8 Å². The summed E-state index contributed by atoms with van der Waals surface area (Å²) >= 11 is 0. The quantitative estimate of drug-likeness (QED) is 0.616. The highest BCUT2D eigenvalue weighted by atomic mass is 16.5. The normalized spacial score (nSPS) is 10.7. The minimum atomic E-state index is -0.282. The van der Waals surface area contributed by atoms with Crippen molar-refractivity contribution < 1.29 is 9.53 Å². The summed E-state index contributed by atoms with van der Waals surface area (Å²) in [5, 5.41) is 0. The van der Waals surface area contributed by atoms with Crippen LogP contribution in [-0.4, -0.2) is 17.1 Å². The number of aromatic nitrogens is 1. The van der Waals surface area contributed by atoms with E-state index in [1.54, 1.807) is 0 Å². The van der Waals surface area contributed by atoms with Crippen LogP contribution < -0.4 is 0 Å². The topological polar surface area (TPSA) is 31.2 Å². The van der Waals surface area contributed by atoms with E-state index < -0.39 is 0 Å². The number of hydrogen-bond acceptors (Lipinski definition) is 2. The zero-order chi connectivity index (χ0) is 17.8. The van der Waals surface area contributed by atoms with Crippen molar-refractivity contribution in [2.45, 2.75) is 27.3 Å². The molecule has 1 aromatic heterocycles. The van der Waals surface area contributed by atoms with E-state index in [2.05, 4.69) is 50.2 Å². The first-order valence-corrected chi connectivity index (χ1v) is 8.57. The van der Waals surface area contributed by atoms with Gasteiger partial charge in [0.25, 0.3) is 0 Å². The molecule has 0 N–H and O–H groups in total. The summed E-state index contributed by atoms with van der Waals surface area (Å²) in [4.78, 5) is 12.6. The average molecular weight is 333 g/mol. The SMILES string of the molecule is CCOC(=O)c1c(-c2ccc(C)cc2)ccn1Cc1ccc(C)cc1. The molecular formula is C22H23NO2. The Kier molecular flexibility index (Phi) is 5.03. The number of nitrogens with zero attached hydrogens (tertiary/aromatic N) is 1. The molecule has 0 bridgehead atoms. The lowest BCUT2D eigenvalue weighted by Crippen LogP contribution is -2.13. The van der Waals surface area contributed by atoms with Crippen LogP contribution >= 0.6 is 0 Å². The van der Waals surface area contributed by atoms with Crippen LogP contribution in [0.25, 0.3) is 11.1 Å². The monoisotopic (exact) mass is 333 g/mol. The number of carbonyl (C=O) groups excluding carboxylic acids is 1. The van der Waals surface area contributed by atoms with Gasteiger partial charge >= 0.3 is 5.97 Å². The molecule has 3 heteroatoms. The summed E-state index contributed by atoms with van der Waals surface area (Å²) in [6, 6.07) is 18.6. The molecule has 0 aliphatic carbocycles. The smallest absolute Gasteiger partial charge is 0.355 e. The molecular weight excluding hydrogens is 310 g/mol. The molecule has 0 aliphatic heterocycles. The first-order valence-electron chi connectivity index (χ1n) is 8.57. The third-order valence-electron chi connectivity index (χ3n) is 4.27. The number of aryl methyl sites for hydroxylation is 2. The van der Waals surface area contributed by atoms with E-state index in [1.165, 1.54) is 11.1 Å². The minimum Gasteiger partial charge on any atom is -0.461 e. The maximum Gasteiger partial charge on any atom is 0.355 e. The van der Waals surface area contributed by atoms with Crippen molar-refractivity contribution in [3.63, 3.8) is 0 Å². The Morgan fingerprint density at radius 1 is 0.920 bits per heavy atom. The van der Waals surface area contributed by atoms with Crippen LogP contribution in [0.15, 0.2) is 60.8 Å². The second-order valence-electron chi connectivity index (χ2n) is 6.28. The molecule has 2 aromatic carbocycles. The van der Waals surface area contributed by atoms with Gasteiger partial charge < -0.3 is 9.30 Å². The van der Waals surface area contributed by atoms with E-state index in [4.69, 9.17) is 4.74 Å². The summed E-state index contributed by atoms with van der Waals surface area (Å²) < 4.78 is 7.28. The molecule has 0 radical (unpaired) electrons. The number of esters is 1. The number of benzene rings is 2. The molecule has 0 atom stereocenters. The minimum absolute atomic E-state index is 0.282. The second kappa shape index (κ2) is 7.39. The Bertz CT molecular complexity index is 858. The lowest BCUT2D eigenvalue weighted by Gasteiger charge is -2.11. The first kappa shape index (κ1) is 17.0. The van der Waals surface area contributed by atoms with Gasteiger partial charge in [-0.3, -0.25) is 0 Å². The number of hydrogen-bond donors (Lipinski definition) is 0. The Labute approximate surface area is 148 Å². The van der Waals surface area contributed by atoms with E-state index in [-0.39, 0.29) is 5.97 Å². The molecule has 0 unspecified atom stereocenters. The Morgan fingerprint density at radius 2 is 1.52 bits per heavy atom. The molecule has 0 spiro atoms. The van der Waals surface area contributed by atoms with Crippen LogP contribution in [0.4, 0.5) is 0 Å². The van der Waals surface area contributed by atoms with Crippen LogP contribution in [0.2, 0.25) is 0 Å². The van der Waals surface area contributed by atoms with Crippen molar-refractivity contribution in [3.8, 4) is 11.1 Å². The fraction of sp³-hybridized carbons (Fsp3) is 0.227. The Morgan fingerprint density at radius 3 is 2.12 bits per heavy atom. The van der Waals surface area contributed by atoms with Gasteiger partial charge in [0.05, 0.1) is 6.61 Å². The van der Waals surface area contributed by atoms with Crippen molar-refractivity contribution in [2.75, 3.05) is 6.61 Å². The summed E-state index contributed by atoms with van der Waals surface area (Å²) in [5.74, 6) is -0.282. The largest absolute Gasteiger partial charge is 0.461 e. The highest BCUT2D eigenvalue weighted by Crippen LogP contribution is 2.27. The van der Waals surface area contributed by atoms with E-state index in [9.17, 15) is 4.79 Å². The molecule has 3 rings (SSSR count). The highest BCUT2D eigenvalue weighted by molar-refractivity contribution is 5.96. The van der Waals surface area contributed by atoms with Crippen LogP contribution in [0.5, 0.6) is 0 Å². The third-order valence-corrected chi connectivity index (χ3v) is 4.27. The Hall–Kier alpha value is -2.81. The van der Waals surface area contributed by atoms with Crippen LogP contribution in [0, 0.1) is 13.8 Å². The lowest BCUT2D eigenvalue weighted by atomic mass is 10.0. The van der Waals surface area contributed by atoms with Gasteiger partial charge in [-0.1, -0.05) is 59.7 Å². The van der Waals surface area contributed by atoms with Gasteiger partial charge in [-0.2, -0.15) is 0 Å². The zero-order valence-corrected chi connectivity index (χ0v) is 15.0.